The monoisotopic (exact) mass is 290 g/mol. The number of carbonyl (C=O) groups excluding carboxylic acids is 2. The highest BCUT2D eigenvalue weighted by molar-refractivity contribution is 6.31. The molecule has 2 amide bonds. The largest absolute Gasteiger partial charge is 0.352 e. The van der Waals surface area contributed by atoms with E-state index in [9.17, 15) is 18.4 Å². The number of alkyl halides is 1. The van der Waals surface area contributed by atoms with Crippen molar-refractivity contribution in [3.8, 4) is 0 Å². The van der Waals surface area contributed by atoms with Gasteiger partial charge in [0.15, 0.2) is 0 Å². The van der Waals surface area contributed by atoms with Gasteiger partial charge in [-0.25, -0.2) is 8.78 Å². The lowest BCUT2D eigenvalue weighted by molar-refractivity contribution is -0.122. The van der Waals surface area contributed by atoms with Crippen LogP contribution >= 0.6 is 11.6 Å². The molecule has 0 unspecified atom stereocenters. The van der Waals surface area contributed by atoms with Crippen molar-refractivity contribution in [1.29, 1.82) is 0 Å². The van der Waals surface area contributed by atoms with Crippen molar-refractivity contribution in [2.24, 2.45) is 0 Å². The standard InChI is InChI=1S/C12H13ClF2N2O2/c1-7(11(18)16-5-4-14)17-12(19)8-2-3-10(15)9(13)6-8/h2-3,6-7H,4-5H2,1H3,(H,16,18)(H,17,19)/t7-/m1/s1. The molecule has 7 heteroatoms. The predicted octanol–water partition coefficient (Wildman–Crippen LogP) is 1.68. The number of benzene rings is 1. The van der Waals surface area contributed by atoms with E-state index in [0.717, 1.165) is 6.07 Å². The summed E-state index contributed by atoms with van der Waals surface area (Å²) in [7, 11) is 0. The van der Waals surface area contributed by atoms with Crippen LogP contribution in [0, 0.1) is 5.82 Å². The molecule has 2 N–H and O–H groups in total. The van der Waals surface area contributed by atoms with E-state index in [4.69, 9.17) is 11.6 Å². The van der Waals surface area contributed by atoms with E-state index in [1.165, 1.54) is 19.1 Å². The van der Waals surface area contributed by atoms with E-state index < -0.39 is 30.3 Å². The van der Waals surface area contributed by atoms with Crippen LogP contribution in [0.25, 0.3) is 0 Å². The van der Waals surface area contributed by atoms with Crippen LogP contribution in [0.3, 0.4) is 0 Å². The average Bonchev–Trinajstić information content (AvgIpc) is 2.38. The van der Waals surface area contributed by atoms with Crippen LogP contribution in [0.5, 0.6) is 0 Å². The maximum Gasteiger partial charge on any atom is 0.251 e. The summed E-state index contributed by atoms with van der Waals surface area (Å²) in [6.07, 6.45) is 0. The van der Waals surface area contributed by atoms with Gasteiger partial charge in [0.05, 0.1) is 5.02 Å². The highest BCUT2D eigenvalue weighted by atomic mass is 35.5. The van der Waals surface area contributed by atoms with Crippen molar-refractivity contribution in [1.82, 2.24) is 10.6 Å². The molecule has 4 nitrogen and oxygen atoms in total. The third-order valence-electron chi connectivity index (χ3n) is 2.32. The van der Waals surface area contributed by atoms with Crippen molar-refractivity contribution in [3.63, 3.8) is 0 Å². The highest BCUT2D eigenvalue weighted by Gasteiger charge is 2.16. The number of halogens is 3. The molecular formula is C12H13ClF2N2O2. The van der Waals surface area contributed by atoms with Gasteiger partial charge in [0, 0.05) is 12.1 Å². The second kappa shape index (κ2) is 7.04. The zero-order valence-electron chi connectivity index (χ0n) is 10.2. The summed E-state index contributed by atoms with van der Waals surface area (Å²) >= 11 is 5.55. The Kier molecular flexibility index (Phi) is 5.69. The van der Waals surface area contributed by atoms with Gasteiger partial charge in [0.1, 0.15) is 18.5 Å². The summed E-state index contributed by atoms with van der Waals surface area (Å²) in [5, 5.41) is 4.51. The Morgan fingerprint density at radius 3 is 2.68 bits per heavy atom. The zero-order valence-corrected chi connectivity index (χ0v) is 10.9. The van der Waals surface area contributed by atoms with Gasteiger partial charge in [-0.2, -0.15) is 0 Å². The second-order valence-corrected chi connectivity index (χ2v) is 4.21. The van der Waals surface area contributed by atoms with Crippen molar-refractivity contribution in [2.75, 3.05) is 13.2 Å². The summed E-state index contributed by atoms with van der Waals surface area (Å²) in [5.41, 5.74) is 0.136. The summed E-state index contributed by atoms with van der Waals surface area (Å²) in [5.74, 6) is -1.70. The van der Waals surface area contributed by atoms with Crippen LogP contribution in [0.15, 0.2) is 18.2 Å². The first kappa shape index (κ1) is 15.4. The minimum Gasteiger partial charge on any atom is -0.352 e. The quantitative estimate of drug-likeness (QED) is 0.867. The van der Waals surface area contributed by atoms with Crippen molar-refractivity contribution in [3.05, 3.63) is 34.6 Å². The van der Waals surface area contributed by atoms with E-state index in [2.05, 4.69) is 10.6 Å². The molecule has 0 aromatic heterocycles. The lowest BCUT2D eigenvalue weighted by Crippen LogP contribution is -2.45. The van der Waals surface area contributed by atoms with Crippen LogP contribution in [-0.4, -0.2) is 31.1 Å². The summed E-state index contributed by atoms with van der Waals surface area (Å²) < 4.78 is 24.8. The van der Waals surface area contributed by atoms with Gasteiger partial charge < -0.3 is 10.6 Å². The Labute approximate surface area is 114 Å². The van der Waals surface area contributed by atoms with Crippen molar-refractivity contribution >= 4 is 23.4 Å². The molecule has 0 saturated carbocycles. The SMILES string of the molecule is C[C@@H](NC(=O)c1ccc(F)c(Cl)c1)C(=O)NCCF. The van der Waals surface area contributed by atoms with Gasteiger partial charge in [0.25, 0.3) is 5.91 Å². The Hall–Kier alpha value is -1.69. The molecule has 104 valence electrons. The molecule has 19 heavy (non-hydrogen) atoms. The summed E-state index contributed by atoms with van der Waals surface area (Å²) in [6, 6.07) is 2.65. The molecule has 0 aliphatic heterocycles. The molecule has 0 spiro atoms. The second-order valence-electron chi connectivity index (χ2n) is 3.80. The third kappa shape index (κ3) is 4.48. The van der Waals surface area contributed by atoms with E-state index in [1.807, 2.05) is 0 Å². The van der Waals surface area contributed by atoms with Gasteiger partial charge in [0.2, 0.25) is 5.91 Å². The van der Waals surface area contributed by atoms with E-state index in [1.54, 1.807) is 0 Å². The predicted molar refractivity (Wildman–Crippen MR) is 67.3 cm³/mol. The number of nitrogens with one attached hydrogen (secondary N) is 2. The number of amides is 2. The minimum absolute atomic E-state index is 0.110. The van der Waals surface area contributed by atoms with Crippen LogP contribution in [0.4, 0.5) is 8.78 Å². The van der Waals surface area contributed by atoms with Gasteiger partial charge in [-0.1, -0.05) is 11.6 Å². The number of carbonyl (C=O) groups is 2. The fourth-order valence-corrected chi connectivity index (χ4v) is 1.49. The molecule has 1 rings (SSSR count). The molecular weight excluding hydrogens is 278 g/mol. The Balaban J connectivity index is 2.63. The molecule has 1 aromatic carbocycles. The molecule has 0 aliphatic carbocycles. The van der Waals surface area contributed by atoms with Crippen LogP contribution < -0.4 is 10.6 Å². The lowest BCUT2D eigenvalue weighted by atomic mass is 10.2. The van der Waals surface area contributed by atoms with Crippen molar-refractivity contribution < 1.29 is 18.4 Å². The Morgan fingerprint density at radius 1 is 1.42 bits per heavy atom. The molecule has 0 fully saturated rings. The zero-order chi connectivity index (χ0) is 14.4. The first-order valence-corrected chi connectivity index (χ1v) is 5.93. The van der Waals surface area contributed by atoms with Gasteiger partial charge in [-0.05, 0) is 25.1 Å². The average molecular weight is 291 g/mol. The number of hydrogen-bond donors (Lipinski definition) is 2. The van der Waals surface area contributed by atoms with E-state index >= 15 is 0 Å². The first-order valence-electron chi connectivity index (χ1n) is 5.55. The summed E-state index contributed by atoms with van der Waals surface area (Å²) in [6.45, 7) is 0.665. The smallest absolute Gasteiger partial charge is 0.251 e. The fourth-order valence-electron chi connectivity index (χ4n) is 1.31. The van der Waals surface area contributed by atoms with Crippen LogP contribution in [0.2, 0.25) is 5.02 Å². The topological polar surface area (TPSA) is 58.2 Å². The van der Waals surface area contributed by atoms with Gasteiger partial charge in [-0.3, -0.25) is 9.59 Å². The van der Waals surface area contributed by atoms with Crippen molar-refractivity contribution in [2.45, 2.75) is 13.0 Å². The van der Waals surface area contributed by atoms with Crippen LogP contribution in [-0.2, 0) is 4.79 Å². The molecule has 0 aliphatic rings. The molecule has 0 heterocycles. The highest BCUT2D eigenvalue weighted by Crippen LogP contribution is 2.15. The number of hydrogen-bond acceptors (Lipinski definition) is 2. The van der Waals surface area contributed by atoms with Gasteiger partial charge in [-0.15, -0.1) is 0 Å². The van der Waals surface area contributed by atoms with E-state index in [-0.39, 0.29) is 17.1 Å². The lowest BCUT2D eigenvalue weighted by Gasteiger charge is -2.13. The maximum absolute atomic E-state index is 12.9. The Bertz CT molecular complexity index is 483. The van der Waals surface area contributed by atoms with Gasteiger partial charge >= 0.3 is 0 Å². The molecule has 1 aromatic rings. The number of rotatable bonds is 5. The molecule has 0 saturated heterocycles. The molecule has 0 radical (unpaired) electrons. The molecule has 1 atom stereocenters. The third-order valence-corrected chi connectivity index (χ3v) is 2.61. The van der Waals surface area contributed by atoms with Crippen LogP contribution in [0.1, 0.15) is 17.3 Å². The minimum atomic E-state index is -0.831. The summed E-state index contributed by atoms with van der Waals surface area (Å²) in [4.78, 5) is 23.2. The first-order chi connectivity index (χ1) is 8.95. The maximum atomic E-state index is 12.9. The molecule has 0 bridgehead atoms. The fraction of sp³-hybridized carbons (Fsp3) is 0.333. The van der Waals surface area contributed by atoms with E-state index in [0.29, 0.717) is 0 Å². The Morgan fingerprint density at radius 2 is 2.11 bits per heavy atom. The normalized spacial score (nSPS) is 11.8.